The van der Waals surface area contributed by atoms with E-state index in [2.05, 4.69) is 62.7 Å². The zero-order valence-electron chi connectivity index (χ0n) is 26.3. The highest BCUT2D eigenvalue weighted by atomic mass is 35.5. The highest BCUT2D eigenvalue weighted by Gasteiger charge is 2.49. The Hall–Kier alpha value is -4.09. The maximum atomic E-state index is 13.3. The summed E-state index contributed by atoms with van der Waals surface area (Å²) in [5.41, 5.74) is 3.11. The average Bonchev–Trinajstić information content (AvgIpc) is 3.72. The van der Waals surface area contributed by atoms with Crippen molar-refractivity contribution < 1.29 is 14.3 Å². The molecule has 1 amide bonds. The van der Waals surface area contributed by atoms with Crippen molar-refractivity contribution in [3.63, 3.8) is 0 Å². The number of hydrogen-bond donors (Lipinski definition) is 0. The lowest BCUT2D eigenvalue weighted by Crippen LogP contribution is -2.58. The second kappa shape index (κ2) is 13.0. The second-order valence-electron chi connectivity index (χ2n) is 12.5. The van der Waals surface area contributed by atoms with E-state index < -0.39 is 6.10 Å². The Kier molecular flexibility index (Phi) is 8.61. The fraction of sp³-hybridized carbons (Fsp3) is 0.486. The van der Waals surface area contributed by atoms with Gasteiger partial charge in [0.05, 0.1) is 17.3 Å². The number of hydrogen-bond acceptors (Lipinski definition) is 8. The fourth-order valence-corrected chi connectivity index (χ4v) is 7.41. The van der Waals surface area contributed by atoms with Gasteiger partial charge < -0.3 is 33.9 Å². The number of aromatic nitrogens is 2. The van der Waals surface area contributed by atoms with Crippen LogP contribution in [0.15, 0.2) is 36.4 Å². The second-order valence-corrected chi connectivity index (χ2v) is 12.9. The van der Waals surface area contributed by atoms with Crippen molar-refractivity contribution in [2.24, 2.45) is 0 Å². The quantitative estimate of drug-likeness (QED) is 0.218. The van der Waals surface area contributed by atoms with Crippen molar-refractivity contribution in [1.82, 2.24) is 19.8 Å². The van der Waals surface area contributed by atoms with Gasteiger partial charge in [0, 0.05) is 48.9 Å². The van der Waals surface area contributed by atoms with Crippen LogP contribution in [0, 0.1) is 18.4 Å². The number of piperazine rings is 1. The molecule has 4 atom stereocenters. The number of carbonyl (C=O) groups excluding carboxylic acids is 1. The van der Waals surface area contributed by atoms with E-state index in [9.17, 15) is 4.79 Å². The monoisotopic (exact) mass is 639 g/mol. The lowest BCUT2D eigenvalue weighted by molar-refractivity contribution is -0.135. The normalized spacial score (nSPS) is 24.3. The van der Waals surface area contributed by atoms with Crippen LogP contribution in [0.5, 0.6) is 6.01 Å². The smallest absolute Gasteiger partial charge is 0.318 e. The molecule has 3 saturated heterocycles. The van der Waals surface area contributed by atoms with Gasteiger partial charge in [0.15, 0.2) is 12.2 Å². The Morgan fingerprint density at radius 3 is 2.76 bits per heavy atom. The third kappa shape index (κ3) is 5.93. The number of epoxide rings is 1. The summed E-state index contributed by atoms with van der Waals surface area (Å²) in [5, 5.41) is 2.88. The Bertz CT molecular complexity index is 1740. The van der Waals surface area contributed by atoms with E-state index in [4.69, 9.17) is 37.6 Å². The molecule has 4 aliphatic heterocycles. The summed E-state index contributed by atoms with van der Waals surface area (Å²) in [6, 6.07) is 12.7. The predicted molar refractivity (Wildman–Crippen MR) is 178 cm³/mol. The molecule has 3 aromatic rings. The van der Waals surface area contributed by atoms with E-state index >= 15 is 0 Å². The molecule has 0 spiro atoms. The van der Waals surface area contributed by atoms with E-state index in [0.717, 1.165) is 70.9 Å². The van der Waals surface area contributed by atoms with E-state index in [0.29, 0.717) is 44.8 Å². The summed E-state index contributed by atoms with van der Waals surface area (Å²) in [4.78, 5) is 35.7. The minimum atomic E-state index is -0.540. The first-order valence-corrected chi connectivity index (χ1v) is 16.4. The van der Waals surface area contributed by atoms with Crippen LogP contribution in [-0.4, -0.2) is 103 Å². The minimum Gasteiger partial charge on any atom is -0.462 e. The highest BCUT2D eigenvalue weighted by molar-refractivity contribution is 6.36. The third-order valence-electron chi connectivity index (χ3n) is 9.66. The van der Waals surface area contributed by atoms with Crippen LogP contribution in [-0.2, 0) is 22.5 Å². The fourth-order valence-electron chi connectivity index (χ4n) is 7.14. The number of rotatable bonds is 7. The molecular weight excluding hydrogens is 602 g/mol. The molecule has 10 nitrogen and oxygen atoms in total. The number of amides is 1. The largest absolute Gasteiger partial charge is 0.462 e. The number of likely N-dealkylation sites (N-methyl/N-ethyl adjacent to an activating group) is 1. The van der Waals surface area contributed by atoms with Crippen molar-refractivity contribution in [3.05, 3.63) is 64.1 Å². The summed E-state index contributed by atoms with van der Waals surface area (Å²) in [7, 11) is 2.13. The van der Waals surface area contributed by atoms with Gasteiger partial charge >= 0.3 is 6.01 Å². The van der Waals surface area contributed by atoms with Crippen molar-refractivity contribution in [2.75, 3.05) is 62.7 Å². The van der Waals surface area contributed by atoms with Crippen LogP contribution >= 0.6 is 11.6 Å². The molecular formula is C35H38ClN7O3. The summed E-state index contributed by atoms with van der Waals surface area (Å²) < 4.78 is 11.9. The van der Waals surface area contributed by atoms with Crippen molar-refractivity contribution in [2.45, 2.75) is 57.0 Å². The van der Waals surface area contributed by atoms with Crippen LogP contribution in [0.1, 0.15) is 31.0 Å². The molecule has 7 rings (SSSR count). The van der Waals surface area contributed by atoms with Gasteiger partial charge in [0.1, 0.15) is 18.5 Å². The van der Waals surface area contributed by atoms with Gasteiger partial charge in [0.25, 0.3) is 5.91 Å². The lowest BCUT2D eigenvalue weighted by atomic mass is 10.0. The summed E-state index contributed by atoms with van der Waals surface area (Å²) in [6.45, 7) is 14.1. The lowest BCUT2D eigenvalue weighted by Gasteiger charge is -2.41. The summed E-state index contributed by atoms with van der Waals surface area (Å²) in [6.07, 6.45) is 2.11. The molecule has 0 unspecified atom stereocenters. The molecule has 0 radical (unpaired) electrons. The summed E-state index contributed by atoms with van der Waals surface area (Å²) in [5.74, 6) is 6.53. The minimum absolute atomic E-state index is 0.0835. The molecule has 0 N–H and O–H groups in total. The molecule has 2 aromatic carbocycles. The number of nitrogens with zero attached hydrogens (tertiary/aromatic N) is 7. The van der Waals surface area contributed by atoms with E-state index in [-0.39, 0.29) is 24.6 Å². The molecule has 0 bridgehead atoms. The molecule has 238 valence electrons. The molecule has 4 aliphatic rings. The number of benzene rings is 2. The standard InChI is InChI=1S/C35H38ClN7O3/c1-4-8-30-32(46-30)34(44)43-18-17-42(20-25(43)19-37-2)33-26-14-16-41(29-13-6-10-23-9-5-12-27(36)31(23)29)21-28(26)38-35(39-33)45-22-24-11-7-15-40(24)3/h5-6,9-10,12-13,24-25,30,32H,7,11,14-22H2,1,3H3/t24-,25-,30-,32-/m0/s1. The number of likely N-dealkylation sites (tertiary alicyclic amines) is 1. The van der Waals surface area contributed by atoms with Crippen LogP contribution in [0.4, 0.5) is 11.5 Å². The first kappa shape index (κ1) is 30.6. The Morgan fingerprint density at radius 1 is 1.13 bits per heavy atom. The van der Waals surface area contributed by atoms with Gasteiger partial charge in [-0.3, -0.25) is 4.79 Å². The van der Waals surface area contributed by atoms with Crippen molar-refractivity contribution >= 4 is 39.8 Å². The first-order valence-electron chi connectivity index (χ1n) is 16.1. The van der Waals surface area contributed by atoms with Crippen LogP contribution < -0.4 is 14.5 Å². The Balaban J connectivity index is 1.19. The molecule has 3 fully saturated rings. The van der Waals surface area contributed by atoms with Crippen molar-refractivity contribution in [1.29, 1.82) is 0 Å². The number of halogens is 1. The average molecular weight is 640 g/mol. The van der Waals surface area contributed by atoms with E-state index in [1.807, 2.05) is 17.0 Å². The Labute approximate surface area is 275 Å². The van der Waals surface area contributed by atoms with Gasteiger partial charge in [-0.1, -0.05) is 41.8 Å². The molecule has 11 heteroatoms. The van der Waals surface area contributed by atoms with Gasteiger partial charge in [-0.25, -0.2) is 6.57 Å². The first-order chi connectivity index (χ1) is 22.4. The predicted octanol–water partition coefficient (Wildman–Crippen LogP) is 4.05. The number of anilines is 2. The molecule has 0 saturated carbocycles. The van der Waals surface area contributed by atoms with E-state index in [1.165, 1.54) is 0 Å². The molecule has 5 heterocycles. The zero-order chi connectivity index (χ0) is 31.8. The number of carbonyl (C=O) groups is 1. The van der Waals surface area contributed by atoms with Crippen LogP contribution in [0.2, 0.25) is 5.02 Å². The highest BCUT2D eigenvalue weighted by Crippen LogP contribution is 2.37. The van der Waals surface area contributed by atoms with Crippen LogP contribution in [0.3, 0.4) is 0 Å². The molecule has 46 heavy (non-hydrogen) atoms. The van der Waals surface area contributed by atoms with Gasteiger partial charge in [0.2, 0.25) is 6.54 Å². The topological polar surface area (TPSA) is 81.9 Å². The zero-order valence-corrected chi connectivity index (χ0v) is 27.0. The van der Waals surface area contributed by atoms with Crippen molar-refractivity contribution in [3.8, 4) is 17.9 Å². The maximum Gasteiger partial charge on any atom is 0.318 e. The summed E-state index contributed by atoms with van der Waals surface area (Å²) >= 11 is 6.72. The van der Waals surface area contributed by atoms with E-state index in [1.54, 1.807) is 6.92 Å². The van der Waals surface area contributed by atoms with Gasteiger partial charge in [-0.05, 0) is 57.3 Å². The third-order valence-corrected chi connectivity index (χ3v) is 9.98. The number of fused-ring (bicyclic) bond motifs is 2. The van der Waals surface area contributed by atoms with Gasteiger partial charge in [-0.2, -0.15) is 9.97 Å². The van der Waals surface area contributed by atoms with Crippen LogP contribution in [0.25, 0.3) is 15.6 Å². The number of ether oxygens (including phenoxy) is 2. The Morgan fingerprint density at radius 2 is 1.98 bits per heavy atom. The maximum absolute atomic E-state index is 13.3. The molecule has 1 aromatic heterocycles. The van der Waals surface area contributed by atoms with Gasteiger partial charge in [-0.15, -0.1) is 5.92 Å². The molecule has 0 aliphatic carbocycles. The SMILES string of the molecule is [C-]#[N+]C[C@H]1CN(c2nc(OC[C@@H]3CCCN3C)nc3c2CCN(c2cccc4cccc(Cl)c24)C3)CCN1C(=O)[C@H]1O[C@H]1C#CC.